The molecule has 3 atom stereocenters. The minimum Gasteiger partial charge on any atom is -0.363 e. The Kier molecular flexibility index (Phi) is 9.46. The summed E-state index contributed by atoms with van der Waals surface area (Å²) in [5.74, 6) is 0. The van der Waals surface area contributed by atoms with Crippen LogP contribution in [-0.2, 0) is 12.6 Å². The Morgan fingerprint density at radius 3 is 0.864 bits per heavy atom. The van der Waals surface area contributed by atoms with Crippen molar-refractivity contribution in [2.24, 2.45) is 0 Å². The van der Waals surface area contributed by atoms with E-state index in [4.69, 9.17) is 12.6 Å². The second-order valence-corrected chi connectivity index (χ2v) is 31.0. The van der Waals surface area contributed by atoms with Crippen LogP contribution in [0.5, 0.6) is 0 Å². The van der Waals surface area contributed by atoms with Gasteiger partial charge in [0.05, 0.1) is 0 Å². The number of hydrogen-bond acceptors (Lipinski definition) is 3. The lowest BCUT2D eigenvalue weighted by atomic mass is 10.3. The zero-order chi connectivity index (χ0) is 17.9. The Morgan fingerprint density at radius 2 is 0.727 bits per heavy atom. The average Bonchev–Trinajstić information content (AvgIpc) is 2.24. The molecule has 0 saturated heterocycles. The summed E-state index contributed by atoms with van der Waals surface area (Å²) < 4.78 is 19.4. The highest BCUT2D eigenvalue weighted by molar-refractivity contribution is 7.49. The van der Waals surface area contributed by atoms with Gasteiger partial charge in [0, 0.05) is 29.3 Å². The first-order valence-corrected chi connectivity index (χ1v) is 26.5. The highest BCUT2D eigenvalue weighted by atomic mass is 31.2. The summed E-state index contributed by atoms with van der Waals surface area (Å²) in [4.78, 5) is 0. The zero-order valence-corrected chi connectivity index (χ0v) is 27.3. The molecule has 0 heterocycles. The second-order valence-electron chi connectivity index (χ2n) is 9.56. The molecular formula is C12H39O3PSi6. The van der Waals surface area contributed by atoms with Gasteiger partial charge < -0.3 is 12.6 Å². The fourth-order valence-electron chi connectivity index (χ4n) is 0.936. The van der Waals surface area contributed by atoms with E-state index in [0.717, 1.165) is 29.3 Å². The predicted octanol–water partition coefficient (Wildman–Crippen LogP) is 0.421. The van der Waals surface area contributed by atoms with Crippen molar-refractivity contribution in [2.75, 3.05) is 0 Å². The molecule has 0 N–H and O–H groups in total. The van der Waals surface area contributed by atoms with Gasteiger partial charge in [-0.15, -0.1) is 0 Å². The normalized spacial score (nSPS) is 20.0. The van der Waals surface area contributed by atoms with Crippen LogP contribution in [0.2, 0.25) is 15.1 Å². The minimum atomic E-state index is -1.18. The van der Waals surface area contributed by atoms with Crippen LogP contribution in [0.1, 0.15) is 62.3 Å². The van der Waals surface area contributed by atoms with Crippen molar-refractivity contribution in [1.29, 1.82) is 0 Å². The maximum Gasteiger partial charge on any atom is 0.298 e. The molecule has 0 aromatic carbocycles. The summed E-state index contributed by atoms with van der Waals surface area (Å²) >= 11 is 0. The maximum absolute atomic E-state index is 6.48. The third-order valence-corrected chi connectivity index (χ3v) is 38.8. The van der Waals surface area contributed by atoms with Crippen LogP contribution in [-0.4, -0.2) is 55.0 Å². The molecule has 0 aliphatic heterocycles. The second kappa shape index (κ2) is 8.82. The molecule has 134 valence electrons. The van der Waals surface area contributed by atoms with E-state index in [-0.39, 0.29) is 0 Å². The van der Waals surface area contributed by atoms with Crippen molar-refractivity contribution in [3.05, 3.63) is 0 Å². The largest absolute Gasteiger partial charge is 0.363 e. The van der Waals surface area contributed by atoms with Crippen molar-refractivity contribution in [3.63, 3.8) is 0 Å². The van der Waals surface area contributed by atoms with E-state index < -0.39 is 34.3 Å². The van der Waals surface area contributed by atoms with Gasteiger partial charge in [0.2, 0.25) is 0 Å². The highest BCUT2D eigenvalue weighted by Crippen LogP contribution is 2.48. The first-order valence-electron chi connectivity index (χ1n) is 8.35. The van der Waals surface area contributed by atoms with Crippen molar-refractivity contribution in [1.82, 2.24) is 0 Å². The molecule has 0 fully saturated rings. The molecule has 0 saturated carbocycles. The van der Waals surface area contributed by atoms with Gasteiger partial charge in [-0.05, 0) is 15.1 Å². The lowest BCUT2D eigenvalue weighted by Gasteiger charge is -2.36. The average molecular weight is 431 g/mol. The lowest BCUT2D eigenvalue weighted by Crippen LogP contribution is -2.35. The van der Waals surface area contributed by atoms with E-state index in [9.17, 15) is 0 Å². The van der Waals surface area contributed by atoms with Crippen molar-refractivity contribution in [3.8, 4) is 0 Å². The summed E-state index contributed by atoms with van der Waals surface area (Å²) in [5.41, 5.74) is 0. The van der Waals surface area contributed by atoms with Crippen LogP contribution < -0.4 is 0 Å². The van der Waals surface area contributed by atoms with Crippen molar-refractivity contribution >= 4 is 63.6 Å². The van der Waals surface area contributed by atoms with Gasteiger partial charge in [-0.3, -0.25) is 0 Å². The fourth-order valence-corrected chi connectivity index (χ4v) is 14.4. The molecule has 22 heavy (non-hydrogen) atoms. The lowest BCUT2D eigenvalue weighted by molar-refractivity contribution is 0.382. The monoisotopic (exact) mass is 430 g/mol. The molecule has 0 bridgehead atoms. The van der Waals surface area contributed by atoms with Crippen molar-refractivity contribution in [2.45, 2.75) is 77.4 Å². The van der Waals surface area contributed by atoms with Crippen molar-refractivity contribution < 1.29 is 12.6 Å². The summed E-state index contributed by atoms with van der Waals surface area (Å²) in [6.07, 6.45) is 0. The molecular weight excluding hydrogens is 392 g/mol. The molecule has 0 aromatic heterocycles. The van der Waals surface area contributed by atoms with E-state index >= 15 is 0 Å². The molecule has 0 radical (unpaired) electrons. The molecule has 0 spiro atoms. The first kappa shape index (κ1) is 23.6. The van der Waals surface area contributed by atoms with Crippen LogP contribution >= 0.6 is 8.60 Å². The molecule has 0 aliphatic rings. The molecule has 0 rings (SSSR count). The van der Waals surface area contributed by atoms with Gasteiger partial charge in [-0.1, -0.05) is 62.3 Å². The Hall–Kier alpha value is 1.61. The quantitative estimate of drug-likeness (QED) is 0.451. The third kappa shape index (κ3) is 9.19. The van der Waals surface area contributed by atoms with Gasteiger partial charge in [-0.25, -0.2) is 0 Å². The van der Waals surface area contributed by atoms with Gasteiger partial charge in [0.25, 0.3) is 8.60 Å². The Labute approximate surface area is 153 Å². The minimum absolute atomic E-state index is 0.313. The maximum atomic E-state index is 6.48. The zero-order valence-electron chi connectivity index (χ0n) is 16.9. The third-order valence-electron chi connectivity index (χ3n) is 4.39. The SMILES string of the molecule is CC(C)(C)[SiH]([SiH3])OP(O[SiH]([SiH3])C(C)(C)C)O[SiH]([SiH3])C(C)(C)C. The van der Waals surface area contributed by atoms with E-state index in [0.29, 0.717) is 15.1 Å². The van der Waals surface area contributed by atoms with E-state index in [1.807, 2.05) is 0 Å². The van der Waals surface area contributed by atoms with E-state index in [1.165, 1.54) is 0 Å². The predicted molar refractivity (Wildman–Crippen MR) is 121 cm³/mol. The molecule has 0 aliphatic carbocycles. The topological polar surface area (TPSA) is 27.7 Å². The summed E-state index contributed by atoms with van der Waals surface area (Å²) in [6, 6.07) is 0. The van der Waals surface area contributed by atoms with Gasteiger partial charge in [0.1, 0.15) is 0 Å². The van der Waals surface area contributed by atoms with E-state index in [2.05, 4.69) is 62.3 Å². The number of hydrogen-bond donors (Lipinski definition) is 0. The molecule has 0 aromatic rings. The van der Waals surface area contributed by atoms with Gasteiger partial charge in [0.15, 0.2) is 25.7 Å². The van der Waals surface area contributed by atoms with Crippen LogP contribution in [0.4, 0.5) is 0 Å². The Morgan fingerprint density at radius 1 is 0.545 bits per heavy atom. The van der Waals surface area contributed by atoms with Gasteiger partial charge >= 0.3 is 0 Å². The van der Waals surface area contributed by atoms with Crippen LogP contribution in [0.15, 0.2) is 0 Å². The molecule has 10 heteroatoms. The first-order chi connectivity index (χ1) is 9.55. The van der Waals surface area contributed by atoms with Crippen LogP contribution in [0.25, 0.3) is 0 Å². The summed E-state index contributed by atoms with van der Waals surface area (Å²) in [6.45, 7) is 20.8. The Balaban J connectivity index is 5.00. The standard InChI is InChI=1S/C12H39O3PSi6/c1-10(2,3)20(17)13-16(14-21(18)11(4,5)6)15-22(19)12(7,8)9/h20-22H,1-9,17-19H3. The molecule has 3 nitrogen and oxygen atoms in total. The van der Waals surface area contributed by atoms with Gasteiger partial charge in [-0.2, -0.15) is 0 Å². The Bertz CT molecular complexity index is 287. The fraction of sp³-hybridized carbons (Fsp3) is 1.00. The molecule has 3 unspecified atom stereocenters. The highest BCUT2D eigenvalue weighted by Gasteiger charge is 2.35. The summed E-state index contributed by atoms with van der Waals surface area (Å²) in [5, 5.41) is 0.939. The van der Waals surface area contributed by atoms with Crippen LogP contribution in [0, 0.1) is 0 Å². The van der Waals surface area contributed by atoms with E-state index in [1.54, 1.807) is 0 Å². The molecule has 0 amide bonds. The smallest absolute Gasteiger partial charge is 0.298 e. The summed E-state index contributed by atoms with van der Waals surface area (Å²) in [7, 11) is -1.17. The van der Waals surface area contributed by atoms with Crippen LogP contribution in [0.3, 0.4) is 0 Å². The number of rotatable bonds is 6.